The van der Waals surface area contributed by atoms with Crippen LogP contribution in [0.1, 0.15) is 19.8 Å². The van der Waals surface area contributed by atoms with Crippen LogP contribution in [0.15, 0.2) is 30.3 Å². The van der Waals surface area contributed by atoms with E-state index in [1.807, 2.05) is 30.3 Å². The molecule has 0 bridgehead atoms. The monoisotopic (exact) mass is 306 g/mol. The van der Waals surface area contributed by atoms with E-state index in [9.17, 15) is 9.59 Å². The first-order chi connectivity index (χ1) is 10.5. The lowest BCUT2D eigenvalue weighted by Gasteiger charge is -2.19. The van der Waals surface area contributed by atoms with Crippen LogP contribution in [0.3, 0.4) is 0 Å². The molecule has 0 aromatic heterocycles. The zero-order chi connectivity index (χ0) is 16.0. The van der Waals surface area contributed by atoms with E-state index in [2.05, 4.69) is 15.4 Å². The molecule has 22 heavy (non-hydrogen) atoms. The molecule has 1 atom stereocenters. The molecule has 6 heteroatoms. The number of carbonyl (C=O) groups excluding carboxylic acids is 2. The Labute approximate surface area is 130 Å². The van der Waals surface area contributed by atoms with Crippen molar-refractivity contribution in [3.8, 4) is 5.75 Å². The van der Waals surface area contributed by atoms with Crippen molar-refractivity contribution in [2.75, 3.05) is 20.3 Å². The van der Waals surface area contributed by atoms with Crippen molar-refractivity contribution in [1.29, 1.82) is 0 Å². The van der Waals surface area contributed by atoms with Crippen LogP contribution in [-0.2, 0) is 9.53 Å². The molecule has 6 nitrogen and oxygen atoms in total. The minimum absolute atomic E-state index is 0.0104. The third-order valence-corrected chi connectivity index (χ3v) is 3.80. The lowest BCUT2D eigenvalue weighted by Crippen LogP contribution is -2.46. The Kier molecular flexibility index (Phi) is 5.25. The number of methoxy groups -OCH3 is 1. The maximum absolute atomic E-state index is 11.9. The first-order valence-electron chi connectivity index (χ1n) is 7.35. The number of hydrogen-bond donors (Lipinski definition) is 2. The summed E-state index contributed by atoms with van der Waals surface area (Å²) < 4.78 is 10.2. The predicted molar refractivity (Wildman–Crippen MR) is 81.6 cm³/mol. The maximum Gasteiger partial charge on any atom is 0.407 e. The molecule has 2 rings (SSSR count). The first kappa shape index (κ1) is 16.1. The van der Waals surface area contributed by atoms with E-state index in [-0.39, 0.29) is 11.3 Å². The summed E-state index contributed by atoms with van der Waals surface area (Å²) in [4.78, 5) is 23.0. The third kappa shape index (κ3) is 4.65. The highest BCUT2D eigenvalue weighted by molar-refractivity contribution is 5.85. The van der Waals surface area contributed by atoms with Crippen molar-refractivity contribution in [3.63, 3.8) is 0 Å². The highest BCUT2D eigenvalue weighted by Gasteiger charge is 2.44. The molecule has 1 aromatic rings. The Morgan fingerprint density at radius 3 is 2.55 bits per heavy atom. The molecule has 0 heterocycles. The summed E-state index contributed by atoms with van der Waals surface area (Å²) in [6.45, 7) is 2.74. The van der Waals surface area contributed by atoms with Gasteiger partial charge in [-0.15, -0.1) is 0 Å². The molecule has 120 valence electrons. The van der Waals surface area contributed by atoms with E-state index in [1.54, 1.807) is 6.92 Å². The number of benzene rings is 1. The van der Waals surface area contributed by atoms with E-state index in [1.165, 1.54) is 7.11 Å². The number of rotatable bonds is 7. The number of alkyl carbamates (subject to hydrolysis) is 1. The van der Waals surface area contributed by atoms with Crippen molar-refractivity contribution in [3.05, 3.63) is 30.3 Å². The first-order valence-corrected chi connectivity index (χ1v) is 7.35. The predicted octanol–water partition coefficient (Wildman–Crippen LogP) is 1.71. The second-order valence-corrected chi connectivity index (χ2v) is 5.68. The fraction of sp³-hybridized carbons (Fsp3) is 0.500. The lowest BCUT2D eigenvalue weighted by molar-refractivity contribution is -0.122. The van der Waals surface area contributed by atoms with Gasteiger partial charge in [0.05, 0.1) is 13.7 Å². The van der Waals surface area contributed by atoms with Crippen LogP contribution in [0.4, 0.5) is 4.79 Å². The standard InChI is InChI=1S/C16H22N2O4/c1-12(18-15(20)21-2)14(19)17-10-16(8-9-16)11-22-13-6-4-3-5-7-13/h3-7,12H,8-11H2,1-2H3,(H,17,19)(H,18,20). The van der Waals surface area contributed by atoms with Gasteiger partial charge in [-0.25, -0.2) is 4.79 Å². The average molecular weight is 306 g/mol. The summed E-state index contributed by atoms with van der Waals surface area (Å²) in [7, 11) is 1.26. The largest absolute Gasteiger partial charge is 0.493 e. The summed E-state index contributed by atoms with van der Waals surface area (Å²) in [5, 5.41) is 5.30. The molecule has 2 amide bonds. The quantitative estimate of drug-likeness (QED) is 0.804. The molecule has 1 aliphatic carbocycles. The molecule has 1 aromatic carbocycles. The van der Waals surface area contributed by atoms with Crippen molar-refractivity contribution in [2.45, 2.75) is 25.8 Å². The van der Waals surface area contributed by atoms with Crippen LogP contribution >= 0.6 is 0 Å². The Morgan fingerprint density at radius 2 is 1.95 bits per heavy atom. The maximum atomic E-state index is 11.9. The van der Waals surface area contributed by atoms with Crippen molar-refractivity contribution < 1.29 is 19.1 Å². The van der Waals surface area contributed by atoms with E-state index >= 15 is 0 Å². The van der Waals surface area contributed by atoms with Crippen LogP contribution in [0.2, 0.25) is 0 Å². The molecule has 2 N–H and O–H groups in total. The number of amides is 2. The summed E-state index contributed by atoms with van der Waals surface area (Å²) in [5.41, 5.74) is 0.0104. The molecular weight excluding hydrogens is 284 g/mol. The molecule has 0 aliphatic heterocycles. The van der Waals surface area contributed by atoms with Crippen molar-refractivity contribution in [1.82, 2.24) is 10.6 Å². The van der Waals surface area contributed by atoms with Crippen molar-refractivity contribution in [2.24, 2.45) is 5.41 Å². The molecule has 0 radical (unpaired) electrons. The highest BCUT2D eigenvalue weighted by Crippen LogP contribution is 2.45. The average Bonchev–Trinajstić information content (AvgIpc) is 3.32. The number of carbonyl (C=O) groups is 2. The Balaban J connectivity index is 1.73. The second kappa shape index (κ2) is 7.15. The normalized spacial score (nSPS) is 16.3. The molecule has 0 spiro atoms. The van der Waals surface area contributed by atoms with E-state index in [0.29, 0.717) is 13.2 Å². The van der Waals surface area contributed by atoms with Gasteiger partial charge in [-0.2, -0.15) is 0 Å². The van der Waals surface area contributed by atoms with Crippen LogP contribution in [0.5, 0.6) is 5.75 Å². The number of hydrogen-bond acceptors (Lipinski definition) is 4. The van der Waals surface area contributed by atoms with Crippen LogP contribution in [-0.4, -0.2) is 38.3 Å². The molecule has 0 saturated heterocycles. The van der Waals surface area contributed by atoms with E-state index in [0.717, 1.165) is 18.6 Å². The molecule has 1 saturated carbocycles. The van der Waals surface area contributed by atoms with Gasteiger partial charge in [-0.1, -0.05) is 18.2 Å². The van der Waals surface area contributed by atoms with Gasteiger partial charge in [-0.3, -0.25) is 4.79 Å². The molecular formula is C16H22N2O4. The van der Waals surface area contributed by atoms with Gasteiger partial charge in [0.15, 0.2) is 0 Å². The fourth-order valence-corrected chi connectivity index (χ4v) is 2.03. The highest BCUT2D eigenvalue weighted by atomic mass is 16.5. The summed E-state index contributed by atoms with van der Waals surface area (Å²) in [6, 6.07) is 9.00. The Bertz CT molecular complexity index is 514. The molecule has 1 unspecified atom stereocenters. The SMILES string of the molecule is COC(=O)NC(C)C(=O)NCC1(COc2ccccc2)CC1. The van der Waals surface area contributed by atoms with Crippen LogP contribution in [0, 0.1) is 5.41 Å². The zero-order valence-corrected chi connectivity index (χ0v) is 12.9. The zero-order valence-electron chi connectivity index (χ0n) is 12.9. The number of ether oxygens (including phenoxy) is 2. The fourth-order valence-electron chi connectivity index (χ4n) is 2.03. The van der Waals surface area contributed by atoms with Gasteiger partial charge in [-0.05, 0) is 31.9 Å². The minimum atomic E-state index is -0.627. The summed E-state index contributed by atoms with van der Waals surface area (Å²) >= 11 is 0. The minimum Gasteiger partial charge on any atom is -0.493 e. The number of nitrogens with one attached hydrogen (secondary N) is 2. The smallest absolute Gasteiger partial charge is 0.407 e. The Morgan fingerprint density at radius 1 is 1.27 bits per heavy atom. The lowest BCUT2D eigenvalue weighted by atomic mass is 10.1. The summed E-state index contributed by atoms with van der Waals surface area (Å²) in [6.07, 6.45) is 1.44. The van der Waals surface area contributed by atoms with E-state index < -0.39 is 12.1 Å². The van der Waals surface area contributed by atoms with Crippen LogP contribution in [0.25, 0.3) is 0 Å². The second-order valence-electron chi connectivity index (χ2n) is 5.68. The van der Waals surface area contributed by atoms with E-state index in [4.69, 9.17) is 4.74 Å². The van der Waals surface area contributed by atoms with Gasteiger partial charge >= 0.3 is 6.09 Å². The van der Waals surface area contributed by atoms with Gasteiger partial charge in [0.2, 0.25) is 5.91 Å². The topological polar surface area (TPSA) is 76.7 Å². The van der Waals surface area contributed by atoms with Gasteiger partial charge < -0.3 is 20.1 Å². The van der Waals surface area contributed by atoms with Gasteiger partial charge in [0.1, 0.15) is 11.8 Å². The Hall–Kier alpha value is -2.24. The molecule has 1 fully saturated rings. The van der Waals surface area contributed by atoms with Crippen molar-refractivity contribution >= 4 is 12.0 Å². The number of para-hydroxylation sites is 1. The van der Waals surface area contributed by atoms with Crippen LogP contribution < -0.4 is 15.4 Å². The van der Waals surface area contributed by atoms with Gasteiger partial charge in [0, 0.05) is 12.0 Å². The molecule has 1 aliphatic rings. The van der Waals surface area contributed by atoms with Gasteiger partial charge in [0.25, 0.3) is 0 Å². The summed E-state index contributed by atoms with van der Waals surface area (Å²) in [5.74, 6) is 0.609. The third-order valence-electron chi connectivity index (χ3n) is 3.80.